The molecule has 0 aromatic heterocycles. The van der Waals surface area contributed by atoms with E-state index in [-0.39, 0.29) is 11.9 Å². The molecule has 0 spiro atoms. The van der Waals surface area contributed by atoms with Gasteiger partial charge < -0.3 is 5.73 Å². The highest BCUT2D eigenvalue weighted by atomic mass is 16.1. The van der Waals surface area contributed by atoms with E-state index in [1.165, 1.54) is 0 Å². The van der Waals surface area contributed by atoms with Crippen molar-refractivity contribution in [3.05, 3.63) is 0 Å². The lowest BCUT2D eigenvalue weighted by Gasteiger charge is -2.18. The second-order valence-corrected chi connectivity index (χ2v) is 2.29. The van der Waals surface area contributed by atoms with Gasteiger partial charge in [-0.1, -0.05) is 6.92 Å². The van der Waals surface area contributed by atoms with Crippen LogP contribution in [0.25, 0.3) is 0 Å². The fraction of sp³-hybridized carbons (Fsp3) is 0.833. The van der Waals surface area contributed by atoms with Gasteiger partial charge in [0.15, 0.2) is 0 Å². The fourth-order valence-corrected chi connectivity index (χ4v) is 0.821. The molecular weight excluding hydrogens is 116 g/mol. The highest BCUT2D eigenvalue weighted by Gasteiger charge is 2.13. The van der Waals surface area contributed by atoms with Gasteiger partial charge in [-0.25, -0.2) is 0 Å². The minimum atomic E-state index is -0.248. The lowest BCUT2D eigenvalue weighted by atomic mass is 10.2. The first kappa shape index (κ1) is 8.43. The standard InChI is InChI=1S/C6H14N2O/c1-4-5(6(7)9)8(2)3/h5H,4H2,1-3H3,(H2,7,9)/t5-/m0/s1. The third-order valence-corrected chi connectivity index (χ3v) is 1.34. The Hall–Kier alpha value is -0.570. The largest absolute Gasteiger partial charge is 0.368 e. The van der Waals surface area contributed by atoms with Crippen LogP contribution in [0, 0.1) is 0 Å². The summed E-state index contributed by atoms with van der Waals surface area (Å²) in [5.74, 6) is -0.248. The van der Waals surface area contributed by atoms with Crippen LogP contribution in [0.15, 0.2) is 0 Å². The van der Waals surface area contributed by atoms with Gasteiger partial charge in [-0.3, -0.25) is 9.69 Å². The molecule has 0 rings (SSSR count). The summed E-state index contributed by atoms with van der Waals surface area (Å²) in [4.78, 5) is 12.4. The molecule has 0 aromatic rings. The molecule has 0 aliphatic carbocycles. The zero-order valence-corrected chi connectivity index (χ0v) is 6.22. The van der Waals surface area contributed by atoms with Gasteiger partial charge >= 0.3 is 0 Å². The Morgan fingerprint density at radius 3 is 2.11 bits per heavy atom. The third-order valence-electron chi connectivity index (χ3n) is 1.34. The van der Waals surface area contributed by atoms with E-state index in [0.717, 1.165) is 6.42 Å². The SMILES string of the molecule is CC[C@@H](C(N)=O)N(C)C. The van der Waals surface area contributed by atoms with E-state index in [2.05, 4.69) is 0 Å². The second kappa shape index (κ2) is 3.45. The van der Waals surface area contributed by atoms with Crippen molar-refractivity contribution in [2.45, 2.75) is 19.4 Å². The fourth-order valence-electron chi connectivity index (χ4n) is 0.821. The van der Waals surface area contributed by atoms with E-state index in [9.17, 15) is 4.79 Å². The number of carbonyl (C=O) groups is 1. The van der Waals surface area contributed by atoms with Gasteiger partial charge in [-0.2, -0.15) is 0 Å². The molecule has 1 amide bonds. The number of primary amides is 1. The topological polar surface area (TPSA) is 46.3 Å². The molecule has 3 nitrogen and oxygen atoms in total. The van der Waals surface area contributed by atoms with Gasteiger partial charge in [0, 0.05) is 0 Å². The number of carbonyl (C=O) groups excluding carboxylic acids is 1. The van der Waals surface area contributed by atoms with Crippen LogP contribution in [0.4, 0.5) is 0 Å². The van der Waals surface area contributed by atoms with Crippen molar-refractivity contribution in [2.75, 3.05) is 14.1 Å². The summed E-state index contributed by atoms with van der Waals surface area (Å²) in [5.41, 5.74) is 5.07. The molecule has 0 aliphatic rings. The molecule has 0 heterocycles. The number of likely N-dealkylation sites (N-methyl/N-ethyl adjacent to an activating group) is 1. The first-order valence-corrected chi connectivity index (χ1v) is 3.05. The minimum Gasteiger partial charge on any atom is -0.368 e. The summed E-state index contributed by atoms with van der Waals surface area (Å²) in [6.45, 7) is 1.94. The van der Waals surface area contributed by atoms with Gasteiger partial charge in [-0.15, -0.1) is 0 Å². The Balaban J connectivity index is 3.83. The molecule has 1 atom stereocenters. The molecule has 0 saturated carbocycles. The summed E-state index contributed by atoms with van der Waals surface area (Å²) in [7, 11) is 3.69. The Bertz CT molecular complexity index is 101. The molecule has 0 fully saturated rings. The monoisotopic (exact) mass is 130 g/mol. The third kappa shape index (κ3) is 2.46. The van der Waals surface area contributed by atoms with Crippen molar-refractivity contribution in [3.8, 4) is 0 Å². The van der Waals surface area contributed by atoms with Crippen LogP contribution in [-0.4, -0.2) is 30.9 Å². The minimum absolute atomic E-state index is 0.106. The van der Waals surface area contributed by atoms with Crippen LogP contribution >= 0.6 is 0 Å². The van der Waals surface area contributed by atoms with Crippen LogP contribution in [-0.2, 0) is 4.79 Å². The lowest BCUT2D eigenvalue weighted by molar-refractivity contribution is -0.122. The average Bonchev–Trinajstić information content (AvgIpc) is 1.64. The summed E-state index contributed by atoms with van der Waals surface area (Å²) in [6.07, 6.45) is 0.780. The van der Waals surface area contributed by atoms with E-state index in [1.54, 1.807) is 0 Å². The molecule has 3 heteroatoms. The maximum atomic E-state index is 10.6. The van der Waals surface area contributed by atoms with Gasteiger partial charge in [0.25, 0.3) is 0 Å². The van der Waals surface area contributed by atoms with E-state index < -0.39 is 0 Å². The first-order chi connectivity index (χ1) is 4.09. The van der Waals surface area contributed by atoms with Gasteiger partial charge in [0.1, 0.15) is 0 Å². The number of hydrogen-bond donors (Lipinski definition) is 1. The van der Waals surface area contributed by atoms with Crippen molar-refractivity contribution in [1.82, 2.24) is 4.90 Å². The molecule has 0 unspecified atom stereocenters. The maximum absolute atomic E-state index is 10.6. The summed E-state index contributed by atoms with van der Waals surface area (Å²) in [6, 6.07) is -0.106. The van der Waals surface area contributed by atoms with E-state index >= 15 is 0 Å². The van der Waals surface area contributed by atoms with Crippen molar-refractivity contribution in [1.29, 1.82) is 0 Å². The van der Waals surface area contributed by atoms with Crippen molar-refractivity contribution >= 4 is 5.91 Å². The predicted octanol–water partition coefficient (Wildman–Crippen LogP) is -0.188. The summed E-state index contributed by atoms with van der Waals surface area (Å²) in [5, 5.41) is 0. The molecule has 0 aliphatic heterocycles. The van der Waals surface area contributed by atoms with E-state index in [0.29, 0.717) is 0 Å². The molecule has 2 N–H and O–H groups in total. The summed E-state index contributed by atoms with van der Waals surface area (Å²) < 4.78 is 0. The van der Waals surface area contributed by atoms with Crippen LogP contribution in [0.1, 0.15) is 13.3 Å². The second-order valence-electron chi connectivity index (χ2n) is 2.29. The van der Waals surface area contributed by atoms with Gasteiger partial charge in [0.05, 0.1) is 6.04 Å². The molecule has 0 bridgehead atoms. The Morgan fingerprint density at radius 2 is 2.11 bits per heavy atom. The number of nitrogens with zero attached hydrogens (tertiary/aromatic N) is 1. The predicted molar refractivity (Wildman–Crippen MR) is 37.0 cm³/mol. The number of amides is 1. The number of hydrogen-bond acceptors (Lipinski definition) is 2. The first-order valence-electron chi connectivity index (χ1n) is 3.05. The normalized spacial score (nSPS) is 13.8. The van der Waals surface area contributed by atoms with Crippen LogP contribution < -0.4 is 5.73 Å². The summed E-state index contributed by atoms with van der Waals surface area (Å²) >= 11 is 0. The molecular formula is C6H14N2O. The van der Waals surface area contributed by atoms with Crippen molar-refractivity contribution < 1.29 is 4.79 Å². The molecule has 0 radical (unpaired) electrons. The van der Waals surface area contributed by atoms with Crippen LogP contribution in [0.3, 0.4) is 0 Å². The highest BCUT2D eigenvalue weighted by Crippen LogP contribution is 1.95. The van der Waals surface area contributed by atoms with Crippen LogP contribution in [0.2, 0.25) is 0 Å². The molecule has 54 valence electrons. The molecule has 0 saturated heterocycles. The zero-order chi connectivity index (χ0) is 7.44. The quantitative estimate of drug-likeness (QED) is 0.575. The van der Waals surface area contributed by atoms with Gasteiger partial charge in [0.2, 0.25) is 5.91 Å². The van der Waals surface area contributed by atoms with Gasteiger partial charge in [-0.05, 0) is 20.5 Å². The maximum Gasteiger partial charge on any atom is 0.234 e. The Kier molecular flexibility index (Phi) is 3.24. The van der Waals surface area contributed by atoms with E-state index in [4.69, 9.17) is 5.73 Å². The lowest BCUT2D eigenvalue weighted by Crippen LogP contribution is -2.39. The smallest absolute Gasteiger partial charge is 0.234 e. The Morgan fingerprint density at radius 1 is 1.67 bits per heavy atom. The highest BCUT2D eigenvalue weighted by molar-refractivity contribution is 5.79. The number of nitrogens with two attached hydrogens (primary N) is 1. The number of rotatable bonds is 3. The molecule has 9 heavy (non-hydrogen) atoms. The Labute approximate surface area is 55.8 Å². The zero-order valence-electron chi connectivity index (χ0n) is 6.22. The average molecular weight is 130 g/mol. The molecule has 0 aromatic carbocycles. The van der Waals surface area contributed by atoms with Crippen LogP contribution in [0.5, 0.6) is 0 Å². The van der Waals surface area contributed by atoms with Crippen molar-refractivity contribution in [2.24, 2.45) is 5.73 Å². The van der Waals surface area contributed by atoms with E-state index in [1.807, 2.05) is 25.9 Å². The van der Waals surface area contributed by atoms with Crippen molar-refractivity contribution in [3.63, 3.8) is 0 Å².